The molecule has 0 aliphatic heterocycles. The maximum Gasteiger partial charge on any atom is 0.307 e. The first kappa shape index (κ1) is 14.9. The minimum Gasteiger partial charge on any atom is -0.454 e. The number of hydrogen-bond acceptors (Lipinski definition) is 4. The van der Waals surface area contributed by atoms with Crippen molar-refractivity contribution in [3.8, 4) is 11.5 Å². The average molecular weight is 294 g/mol. The Bertz CT molecular complexity index is 690. The minimum absolute atomic E-state index is 0.264. The van der Waals surface area contributed by atoms with Crippen LogP contribution in [-0.2, 0) is 0 Å². The van der Waals surface area contributed by atoms with E-state index in [1.165, 1.54) is 0 Å². The van der Waals surface area contributed by atoms with Gasteiger partial charge in [0.1, 0.15) is 5.75 Å². The lowest BCUT2D eigenvalue weighted by atomic mass is 10.1. The SMILES string of the molecule is C[C@H](N)c1ccccc1Oc1cc(F)c([N+](=O)[O-])cc1F. The van der Waals surface area contributed by atoms with Crippen LogP contribution in [0.4, 0.5) is 14.5 Å². The summed E-state index contributed by atoms with van der Waals surface area (Å²) in [5, 5.41) is 10.5. The molecule has 0 aliphatic carbocycles. The number of rotatable bonds is 4. The lowest BCUT2D eigenvalue weighted by molar-refractivity contribution is -0.387. The van der Waals surface area contributed by atoms with Gasteiger partial charge in [-0.1, -0.05) is 18.2 Å². The van der Waals surface area contributed by atoms with Crippen LogP contribution in [0.15, 0.2) is 36.4 Å². The lowest BCUT2D eigenvalue weighted by Gasteiger charge is -2.13. The van der Waals surface area contributed by atoms with Gasteiger partial charge in [0.05, 0.1) is 11.0 Å². The molecule has 0 bridgehead atoms. The minimum atomic E-state index is -1.17. The fourth-order valence-corrected chi connectivity index (χ4v) is 1.80. The van der Waals surface area contributed by atoms with Gasteiger partial charge in [-0.05, 0) is 13.0 Å². The fourth-order valence-electron chi connectivity index (χ4n) is 1.80. The monoisotopic (exact) mass is 294 g/mol. The van der Waals surface area contributed by atoms with Gasteiger partial charge in [-0.15, -0.1) is 0 Å². The second-order valence-corrected chi connectivity index (χ2v) is 4.42. The molecule has 2 aromatic rings. The zero-order chi connectivity index (χ0) is 15.6. The number of ether oxygens (including phenoxy) is 1. The summed E-state index contributed by atoms with van der Waals surface area (Å²) in [6, 6.07) is 7.40. The van der Waals surface area contributed by atoms with E-state index in [1.54, 1.807) is 31.2 Å². The van der Waals surface area contributed by atoms with E-state index < -0.39 is 28.0 Å². The van der Waals surface area contributed by atoms with Crippen LogP contribution in [0.3, 0.4) is 0 Å². The number of nitro benzene ring substituents is 1. The van der Waals surface area contributed by atoms with Crippen molar-refractivity contribution in [2.45, 2.75) is 13.0 Å². The highest BCUT2D eigenvalue weighted by atomic mass is 19.1. The van der Waals surface area contributed by atoms with E-state index >= 15 is 0 Å². The number of para-hydroxylation sites is 1. The molecule has 0 heterocycles. The second kappa shape index (κ2) is 5.84. The predicted octanol–water partition coefficient (Wildman–Crippen LogP) is 3.69. The van der Waals surface area contributed by atoms with Crippen molar-refractivity contribution in [2.75, 3.05) is 0 Å². The van der Waals surface area contributed by atoms with Crippen LogP contribution in [0.25, 0.3) is 0 Å². The number of halogens is 2. The molecule has 5 nitrogen and oxygen atoms in total. The summed E-state index contributed by atoms with van der Waals surface area (Å²) in [6.07, 6.45) is 0. The van der Waals surface area contributed by atoms with E-state index in [0.29, 0.717) is 17.7 Å². The standard InChI is InChI=1S/C14H12F2N2O3/c1-8(17)9-4-2-3-5-13(9)21-14-7-10(15)12(18(19)20)6-11(14)16/h2-8H,17H2,1H3/t8-/m0/s1. The molecule has 0 aliphatic rings. The third-order valence-corrected chi connectivity index (χ3v) is 2.83. The molecule has 0 fully saturated rings. The van der Waals surface area contributed by atoms with Crippen LogP contribution in [0.2, 0.25) is 0 Å². The average Bonchev–Trinajstić information content (AvgIpc) is 2.42. The van der Waals surface area contributed by atoms with Gasteiger partial charge in [0.15, 0.2) is 11.6 Å². The summed E-state index contributed by atoms with van der Waals surface area (Å²) >= 11 is 0. The Balaban J connectivity index is 2.41. The van der Waals surface area contributed by atoms with E-state index in [2.05, 4.69) is 0 Å². The second-order valence-electron chi connectivity index (χ2n) is 4.42. The predicted molar refractivity (Wildman–Crippen MR) is 72.1 cm³/mol. The van der Waals surface area contributed by atoms with Gasteiger partial charge in [-0.3, -0.25) is 10.1 Å². The molecule has 0 spiro atoms. The molecular formula is C14H12F2N2O3. The number of nitrogens with two attached hydrogens (primary N) is 1. The molecular weight excluding hydrogens is 282 g/mol. The van der Waals surface area contributed by atoms with Crippen molar-refractivity contribution in [1.82, 2.24) is 0 Å². The van der Waals surface area contributed by atoms with E-state index in [-0.39, 0.29) is 11.8 Å². The van der Waals surface area contributed by atoms with Gasteiger partial charge in [0.2, 0.25) is 5.82 Å². The third kappa shape index (κ3) is 3.14. The van der Waals surface area contributed by atoms with Gasteiger partial charge in [0, 0.05) is 17.7 Å². The number of nitro groups is 1. The van der Waals surface area contributed by atoms with Crippen LogP contribution in [0.1, 0.15) is 18.5 Å². The van der Waals surface area contributed by atoms with Gasteiger partial charge in [-0.25, -0.2) is 4.39 Å². The van der Waals surface area contributed by atoms with Crippen molar-refractivity contribution in [3.63, 3.8) is 0 Å². The number of hydrogen-bond donors (Lipinski definition) is 1. The summed E-state index contributed by atoms with van der Waals surface area (Å²) in [7, 11) is 0. The van der Waals surface area contributed by atoms with Crippen LogP contribution in [0.5, 0.6) is 11.5 Å². The van der Waals surface area contributed by atoms with Crippen molar-refractivity contribution < 1.29 is 18.4 Å². The molecule has 2 aromatic carbocycles. The number of nitrogens with zero attached hydrogens (tertiary/aromatic N) is 1. The zero-order valence-electron chi connectivity index (χ0n) is 11.0. The summed E-state index contributed by atoms with van der Waals surface area (Å²) in [5.74, 6) is -2.37. The van der Waals surface area contributed by atoms with Crippen molar-refractivity contribution in [2.24, 2.45) is 5.73 Å². The molecule has 0 saturated carbocycles. The van der Waals surface area contributed by atoms with E-state index in [0.717, 1.165) is 0 Å². The Morgan fingerprint density at radius 1 is 1.19 bits per heavy atom. The largest absolute Gasteiger partial charge is 0.454 e. The first-order valence-electron chi connectivity index (χ1n) is 6.06. The Hall–Kier alpha value is -2.54. The Morgan fingerprint density at radius 3 is 2.48 bits per heavy atom. The van der Waals surface area contributed by atoms with Gasteiger partial charge in [0.25, 0.3) is 0 Å². The fraction of sp³-hybridized carbons (Fsp3) is 0.143. The smallest absolute Gasteiger partial charge is 0.307 e. The highest BCUT2D eigenvalue weighted by molar-refractivity contribution is 5.44. The Labute approximate surface area is 119 Å². The first-order chi connectivity index (χ1) is 9.90. The summed E-state index contributed by atoms with van der Waals surface area (Å²) in [5.41, 5.74) is 5.43. The molecule has 2 N–H and O–H groups in total. The molecule has 0 amide bonds. The van der Waals surface area contributed by atoms with E-state index in [9.17, 15) is 18.9 Å². The molecule has 0 saturated heterocycles. The topological polar surface area (TPSA) is 78.4 Å². The third-order valence-electron chi connectivity index (χ3n) is 2.83. The highest BCUT2D eigenvalue weighted by Gasteiger charge is 2.20. The van der Waals surface area contributed by atoms with Crippen LogP contribution >= 0.6 is 0 Å². The molecule has 110 valence electrons. The van der Waals surface area contributed by atoms with Crippen LogP contribution in [-0.4, -0.2) is 4.92 Å². The molecule has 21 heavy (non-hydrogen) atoms. The van der Waals surface area contributed by atoms with Crippen LogP contribution in [0, 0.1) is 21.7 Å². The van der Waals surface area contributed by atoms with Gasteiger partial charge < -0.3 is 10.5 Å². The quantitative estimate of drug-likeness (QED) is 0.689. The molecule has 1 atom stereocenters. The molecule has 2 rings (SSSR count). The Morgan fingerprint density at radius 2 is 1.86 bits per heavy atom. The molecule has 0 unspecified atom stereocenters. The zero-order valence-corrected chi connectivity index (χ0v) is 11.0. The van der Waals surface area contributed by atoms with E-state index in [4.69, 9.17) is 10.5 Å². The Kier molecular flexibility index (Phi) is 4.13. The number of benzene rings is 2. The van der Waals surface area contributed by atoms with Crippen molar-refractivity contribution >= 4 is 5.69 Å². The normalized spacial score (nSPS) is 12.0. The van der Waals surface area contributed by atoms with Crippen molar-refractivity contribution in [1.29, 1.82) is 0 Å². The summed E-state index contributed by atoms with van der Waals surface area (Å²) in [4.78, 5) is 9.53. The van der Waals surface area contributed by atoms with Crippen molar-refractivity contribution in [3.05, 3.63) is 63.7 Å². The summed E-state index contributed by atoms with van der Waals surface area (Å²) < 4.78 is 32.6. The highest BCUT2D eigenvalue weighted by Crippen LogP contribution is 2.33. The summed E-state index contributed by atoms with van der Waals surface area (Å²) in [6.45, 7) is 1.72. The van der Waals surface area contributed by atoms with Crippen LogP contribution < -0.4 is 10.5 Å². The first-order valence-corrected chi connectivity index (χ1v) is 6.06. The maximum atomic E-state index is 13.8. The van der Waals surface area contributed by atoms with E-state index in [1.807, 2.05) is 0 Å². The van der Waals surface area contributed by atoms with Gasteiger partial charge in [-0.2, -0.15) is 4.39 Å². The molecule has 0 aromatic heterocycles. The lowest BCUT2D eigenvalue weighted by Crippen LogP contribution is -2.06. The molecule has 7 heteroatoms. The molecule has 0 radical (unpaired) electrons. The maximum absolute atomic E-state index is 13.8. The van der Waals surface area contributed by atoms with Gasteiger partial charge >= 0.3 is 5.69 Å².